The van der Waals surface area contributed by atoms with E-state index in [2.05, 4.69) is 28.9 Å². The van der Waals surface area contributed by atoms with Gasteiger partial charge < -0.3 is 39.8 Å². The number of nitrogens with zero attached hydrogens (tertiary/aromatic N) is 2. The molecule has 25 heavy (non-hydrogen) atoms. The molecular weight excluding hydrogens is 363 g/mol. The average Bonchev–Trinajstić information content (AvgIpc) is 2.48. The first kappa shape index (κ1) is 24.4. The van der Waals surface area contributed by atoms with Gasteiger partial charge in [-0.3, -0.25) is 9.80 Å². The second-order valence-corrected chi connectivity index (χ2v) is 6.56. The van der Waals surface area contributed by atoms with E-state index in [-0.39, 0.29) is 31.4 Å². The summed E-state index contributed by atoms with van der Waals surface area (Å²) in [5.74, 6) is 0.891. The first-order chi connectivity index (χ1) is 11.0. The molecule has 0 radical (unpaired) electrons. The number of piperazine rings is 1. The Morgan fingerprint density at radius 2 is 1.52 bits per heavy atom. The van der Waals surface area contributed by atoms with Gasteiger partial charge in [0.2, 0.25) is 0 Å². The average molecular weight is 393 g/mol. The number of benzene rings is 1. The Bertz CT molecular complexity index is 486. The topological polar surface area (TPSA) is 56.2 Å². The van der Waals surface area contributed by atoms with Crippen LogP contribution in [0.5, 0.6) is 5.75 Å². The van der Waals surface area contributed by atoms with Gasteiger partial charge in [-0.1, -0.05) is 17.7 Å². The molecule has 0 bridgehead atoms. The maximum absolute atomic E-state index is 10.2. The second kappa shape index (κ2) is 11.9. The molecule has 0 spiro atoms. The van der Waals surface area contributed by atoms with E-state index < -0.39 is 6.10 Å². The Labute approximate surface area is 163 Å². The van der Waals surface area contributed by atoms with Crippen LogP contribution in [0.15, 0.2) is 12.1 Å². The van der Waals surface area contributed by atoms with Gasteiger partial charge in [0.15, 0.2) is 0 Å². The minimum atomic E-state index is -0.487. The Morgan fingerprint density at radius 1 is 1.00 bits per heavy atom. The van der Waals surface area contributed by atoms with Crippen molar-refractivity contribution in [3.05, 3.63) is 28.8 Å². The number of rotatable bonds is 7. The van der Waals surface area contributed by atoms with Crippen LogP contribution in [0.3, 0.4) is 0 Å². The van der Waals surface area contributed by atoms with Gasteiger partial charge in [-0.25, -0.2) is 0 Å². The highest BCUT2D eigenvalue weighted by Crippen LogP contribution is 2.24. The third kappa shape index (κ3) is 7.69. The molecule has 1 fully saturated rings. The number of β-amino-alcohol motifs (C(OH)–C–C–N with tert-alkyl or cyclic N) is 2. The predicted octanol–water partition coefficient (Wildman–Crippen LogP) is -5.03. The molecule has 0 amide bonds. The van der Waals surface area contributed by atoms with Crippen LogP contribution >= 0.6 is 0 Å². The number of aliphatic hydroxyl groups is 2. The molecule has 0 aliphatic carbocycles. The molecule has 0 aromatic heterocycles. The van der Waals surface area contributed by atoms with E-state index in [0.29, 0.717) is 13.2 Å². The lowest BCUT2D eigenvalue weighted by Gasteiger charge is -2.35. The van der Waals surface area contributed by atoms with E-state index >= 15 is 0 Å². The molecule has 2 rings (SSSR count). The monoisotopic (exact) mass is 392 g/mol. The van der Waals surface area contributed by atoms with Crippen molar-refractivity contribution in [1.82, 2.24) is 9.80 Å². The minimum absolute atomic E-state index is 0. The predicted molar refractivity (Wildman–Crippen MR) is 92.1 cm³/mol. The van der Waals surface area contributed by atoms with Crippen LogP contribution in [0.25, 0.3) is 0 Å². The van der Waals surface area contributed by atoms with E-state index in [4.69, 9.17) is 9.84 Å². The second-order valence-electron chi connectivity index (χ2n) is 6.56. The lowest BCUT2D eigenvalue weighted by Crippen LogP contribution is -3.00. The summed E-state index contributed by atoms with van der Waals surface area (Å²) >= 11 is 0. The van der Waals surface area contributed by atoms with E-state index in [1.807, 2.05) is 13.8 Å². The molecule has 1 aromatic rings. The molecule has 1 aromatic carbocycles. The van der Waals surface area contributed by atoms with Crippen molar-refractivity contribution in [3.8, 4) is 5.75 Å². The smallest absolute Gasteiger partial charge is 0.125 e. The van der Waals surface area contributed by atoms with Crippen molar-refractivity contribution in [2.45, 2.75) is 26.9 Å². The van der Waals surface area contributed by atoms with Crippen molar-refractivity contribution >= 4 is 0 Å². The summed E-state index contributed by atoms with van der Waals surface area (Å²) in [7, 11) is 0. The van der Waals surface area contributed by atoms with E-state index in [9.17, 15) is 5.11 Å². The Kier molecular flexibility index (Phi) is 11.7. The molecule has 1 saturated heterocycles. The Hall–Kier alpha value is -0.560. The molecule has 5 nitrogen and oxygen atoms in total. The molecule has 7 heteroatoms. The molecule has 1 unspecified atom stereocenters. The molecule has 0 saturated carbocycles. The highest BCUT2D eigenvalue weighted by molar-refractivity contribution is 5.42. The summed E-state index contributed by atoms with van der Waals surface area (Å²) < 4.78 is 5.87. The van der Waals surface area contributed by atoms with Crippen LogP contribution in [-0.4, -0.2) is 78.6 Å². The van der Waals surface area contributed by atoms with Crippen molar-refractivity contribution < 1.29 is 39.8 Å². The molecule has 1 atom stereocenters. The summed E-state index contributed by atoms with van der Waals surface area (Å²) in [6, 6.07) is 4.21. The summed E-state index contributed by atoms with van der Waals surface area (Å²) in [6.45, 7) is 11.8. The van der Waals surface area contributed by atoms with Gasteiger partial charge >= 0.3 is 0 Å². The number of aryl methyl sites for hydroxylation is 3. The summed E-state index contributed by atoms with van der Waals surface area (Å²) in [4.78, 5) is 4.51. The van der Waals surface area contributed by atoms with Crippen molar-refractivity contribution in [3.63, 3.8) is 0 Å². The third-order valence-electron chi connectivity index (χ3n) is 4.37. The lowest BCUT2D eigenvalue weighted by atomic mass is 10.1. The molecule has 1 aliphatic rings. The Morgan fingerprint density at radius 3 is 2.04 bits per heavy atom. The van der Waals surface area contributed by atoms with E-state index in [0.717, 1.165) is 49.6 Å². The zero-order valence-corrected chi connectivity index (χ0v) is 16.9. The number of hydrogen-bond donors (Lipinski definition) is 2. The third-order valence-corrected chi connectivity index (χ3v) is 4.37. The maximum atomic E-state index is 10.2. The summed E-state index contributed by atoms with van der Waals surface area (Å²) in [5, 5.41) is 19.2. The summed E-state index contributed by atoms with van der Waals surface area (Å²) in [6.07, 6.45) is -0.487. The molecular formula is C18H30Cl2N2O3-2. The van der Waals surface area contributed by atoms with Gasteiger partial charge in [-0.05, 0) is 31.9 Å². The lowest BCUT2D eigenvalue weighted by molar-refractivity contribution is -0.00100. The first-order valence-electron chi connectivity index (χ1n) is 8.44. The zero-order chi connectivity index (χ0) is 16.8. The number of hydrogen-bond acceptors (Lipinski definition) is 5. The van der Waals surface area contributed by atoms with Crippen LogP contribution in [0.4, 0.5) is 0 Å². The molecule has 1 aliphatic heterocycles. The van der Waals surface area contributed by atoms with Crippen LogP contribution in [0.1, 0.15) is 16.7 Å². The van der Waals surface area contributed by atoms with Crippen LogP contribution in [-0.2, 0) is 0 Å². The standard InChI is InChI=1S/C18H30N2O3.2ClH/c1-14-10-15(2)18(16(3)11-14)23-13-17(22)12-20-6-4-19(5-7-20)8-9-21;;/h10-11,17,21-22H,4-9,12-13H2,1-3H3;2*1H/p-2. The van der Waals surface area contributed by atoms with Crippen molar-refractivity contribution in [2.24, 2.45) is 0 Å². The molecule has 2 N–H and O–H groups in total. The van der Waals surface area contributed by atoms with Gasteiger partial charge in [0.05, 0.1) is 6.61 Å². The van der Waals surface area contributed by atoms with Crippen LogP contribution in [0.2, 0.25) is 0 Å². The highest BCUT2D eigenvalue weighted by atomic mass is 35.5. The normalized spacial score (nSPS) is 16.7. The van der Waals surface area contributed by atoms with E-state index in [1.165, 1.54) is 5.56 Å². The Balaban J connectivity index is 0.00000288. The van der Waals surface area contributed by atoms with Crippen LogP contribution in [0, 0.1) is 20.8 Å². The minimum Gasteiger partial charge on any atom is -1.00 e. The SMILES string of the molecule is Cc1cc(C)c(OCC(O)CN2CCN(CCO)CC2)c(C)c1.[Cl-].[Cl-]. The fourth-order valence-electron chi connectivity index (χ4n) is 3.26. The largest absolute Gasteiger partial charge is 1.00 e. The van der Waals surface area contributed by atoms with Gasteiger partial charge in [0.1, 0.15) is 18.5 Å². The van der Waals surface area contributed by atoms with Crippen molar-refractivity contribution in [1.29, 1.82) is 0 Å². The quantitative estimate of drug-likeness (QED) is 0.486. The van der Waals surface area contributed by atoms with Gasteiger partial charge in [0.25, 0.3) is 0 Å². The van der Waals surface area contributed by atoms with Gasteiger partial charge in [-0.15, -0.1) is 0 Å². The number of ether oxygens (including phenoxy) is 1. The molecule has 1 heterocycles. The fraction of sp³-hybridized carbons (Fsp3) is 0.667. The van der Waals surface area contributed by atoms with E-state index in [1.54, 1.807) is 0 Å². The van der Waals surface area contributed by atoms with Crippen molar-refractivity contribution in [2.75, 3.05) is 52.5 Å². The fourth-order valence-corrected chi connectivity index (χ4v) is 3.26. The zero-order valence-electron chi connectivity index (χ0n) is 15.3. The van der Waals surface area contributed by atoms with Gasteiger partial charge in [0, 0.05) is 39.3 Å². The number of aliphatic hydroxyl groups excluding tert-OH is 2. The number of halogens is 2. The van der Waals surface area contributed by atoms with Gasteiger partial charge in [-0.2, -0.15) is 0 Å². The molecule has 146 valence electrons. The summed E-state index contributed by atoms with van der Waals surface area (Å²) in [5.41, 5.74) is 3.47. The highest BCUT2D eigenvalue weighted by Gasteiger charge is 2.19. The maximum Gasteiger partial charge on any atom is 0.125 e. The first-order valence-corrected chi connectivity index (χ1v) is 8.44. The van der Waals surface area contributed by atoms with Crippen LogP contribution < -0.4 is 29.6 Å².